The van der Waals surface area contributed by atoms with Crippen molar-refractivity contribution in [3.63, 3.8) is 0 Å². The van der Waals surface area contributed by atoms with Crippen LogP contribution in [0.25, 0.3) is 0 Å². The number of urea groups is 1. The van der Waals surface area contributed by atoms with E-state index in [2.05, 4.69) is 16.7 Å². The van der Waals surface area contributed by atoms with Crippen molar-refractivity contribution in [2.75, 3.05) is 18.5 Å². The molecule has 0 unspecified atom stereocenters. The van der Waals surface area contributed by atoms with Crippen molar-refractivity contribution in [1.82, 2.24) is 5.32 Å². The number of benzene rings is 2. The lowest BCUT2D eigenvalue weighted by Gasteiger charge is -2.19. The molecule has 2 aromatic rings. The Labute approximate surface area is 147 Å². The number of aryl methyl sites for hydroxylation is 1. The van der Waals surface area contributed by atoms with Crippen LogP contribution in [0.3, 0.4) is 0 Å². The monoisotopic (exact) mass is 335 g/mol. The summed E-state index contributed by atoms with van der Waals surface area (Å²) in [4.78, 5) is 11.9. The number of nitriles is 1. The third kappa shape index (κ3) is 4.51. The van der Waals surface area contributed by atoms with Crippen molar-refractivity contribution in [1.29, 1.82) is 5.26 Å². The zero-order valence-corrected chi connectivity index (χ0v) is 14.0. The van der Waals surface area contributed by atoms with Gasteiger partial charge >= 0.3 is 6.03 Å². The van der Waals surface area contributed by atoms with Gasteiger partial charge in [-0.1, -0.05) is 18.2 Å². The smallest absolute Gasteiger partial charge is 0.319 e. The van der Waals surface area contributed by atoms with E-state index in [1.807, 2.05) is 18.2 Å². The predicted octanol–water partition coefficient (Wildman–Crippen LogP) is 3.64. The van der Waals surface area contributed by atoms with Gasteiger partial charge in [0.25, 0.3) is 0 Å². The molecule has 3 rings (SSSR count). The van der Waals surface area contributed by atoms with Crippen molar-refractivity contribution in [2.24, 2.45) is 0 Å². The summed E-state index contributed by atoms with van der Waals surface area (Å²) in [6, 6.07) is 14.7. The second-order valence-corrected chi connectivity index (χ2v) is 6.02. The van der Waals surface area contributed by atoms with Crippen molar-refractivity contribution in [3.8, 4) is 11.8 Å². The molecule has 0 aromatic heterocycles. The van der Waals surface area contributed by atoms with Crippen LogP contribution < -0.4 is 15.4 Å². The number of carbonyl (C=O) groups excluding carboxylic acids is 1. The summed E-state index contributed by atoms with van der Waals surface area (Å²) in [5.41, 5.74) is 3.79. The van der Waals surface area contributed by atoms with Gasteiger partial charge in [-0.2, -0.15) is 5.26 Å². The summed E-state index contributed by atoms with van der Waals surface area (Å²) in [7, 11) is 0. The highest BCUT2D eigenvalue weighted by molar-refractivity contribution is 5.89. The van der Waals surface area contributed by atoms with Crippen LogP contribution in [-0.4, -0.2) is 19.2 Å². The van der Waals surface area contributed by atoms with Gasteiger partial charge in [-0.25, -0.2) is 4.79 Å². The van der Waals surface area contributed by atoms with Crippen LogP contribution in [0.4, 0.5) is 10.5 Å². The minimum absolute atomic E-state index is 0.311. The number of anilines is 1. The molecule has 5 nitrogen and oxygen atoms in total. The van der Waals surface area contributed by atoms with Crippen molar-refractivity contribution in [3.05, 3.63) is 59.2 Å². The van der Waals surface area contributed by atoms with Crippen LogP contribution in [-0.2, 0) is 12.8 Å². The minimum Gasteiger partial charge on any atom is -0.491 e. The molecule has 5 heteroatoms. The molecule has 2 aromatic carbocycles. The number of rotatable bonds is 5. The first-order chi connectivity index (χ1) is 12.3. The van der Waals surface area contributed by atoms with Gasteiger partial charge in [0.2, 0.25) is 0 Å². The molecule has 0 radical (unpaired) electrons. The first kappa shape index (κ1) is 16.8. The lowest BCUT2D eigenvalue weighted by molar-refractivity contribution is 0.247. The van der Waals surface area contributed by atoms with Gasteiger partial charge in [-0.05, 0) is 61.1 Å². The molecule has 2 amide bonds. The standard InChI is InChI=1S/C20H21N3O2/c21-14-15-5-3-8-17(13-15)23-20(24)22-11-12-25-19-10-4-7-16-6-1-2-9-18(16)19/h3-5,7-8,10,13H,1-2,6,9,11-12H2,(H2,22,23,24). The lowest BCUT2D eigenvalue weighted by atomic mass is 9.91. The van der Waals surface area contributed by atoms with Crippen LogP contribution in [0, 0.1) is 11.3 Å². The average molecular weight is 335 g/mol. The Morgan fingerprint density at radius 2 is 2.00 bits per heavy atom. The molecule has 0 aliphatic heterocycles. The summed E-state index contributed by atoms with van der Waals surface area (Å²) in [5, 5.41) is 14.3. The Morgan fingerprint density at radius 3 is 2.88 bits per heavy atom. The Bertz CT molecular complexity index is 796. The molecule has 0 saturated carbocycles. The normalized spacial score (nSPS) is 12.6. The quantitative estimate of drug-likeness (QED) is 0.819. The Kier molecular flexibility index (Phi) is 5.53. The topological polar surface area (TPSA) is 74.2 Å². The lowest BCUT2D eigenvalue weighted by Crippen LogP contribution is -2.32. The number of nitrogens with one attached hydrogen (secondary N) is 2. The molecule has 1 aliphatic rings. The number of hydrogen-bond acceptors (Lipinski definition) is 3. The molecule has 0 fully saturated rings. The SMILES string of the molecule is N#Cc1cccc(NC(=O)NCCOc2cccc3c2CCCC3)c1. The molecule has 0 atom stereocenters. The van der Waals surface area contributed by atoms with E-state index in [9.17, 15) is 4.79 Å². The molecule has 0 heterocycles. The summed E-state index contributed by atoms with van der Waals surface area (Å²) in [5.74, 6) is 0.932. The largest absolute Gasteiger partial charge is 0.491 e. The number of ether oxygens (including phenoxy) is 1. The second kappa shape index (κ2) is 8.20. The number of amides is 2. The summed E-state index contributed by atoms with van der Waals surface area (Å²) in [6.45, 7) is 0.829. The highest BCUT2D eigenvalue weighted by Crippen LogP contribution is 2.29. The second-order valence-electron chi connectivity index (χ2n) is 6.02. The van der Waals surface area contributed by atoms with Gasteiger partial charge in [0.1, 0.15) is 12.4 Å². The third-order valence-corrected chi connectivity index (χ3v) is 4.25. The average Bonchev–Trinajstić information content (AvgIpc) is 2.65. The molecular formula is C20H21N3O2. The molecule has 0 spiro atoms. The van der Waals surface area contributed by atoms with Gasteiger partial charge in [-0.15, -0.1) is 0 Å². The van der Waals surface area contributed by atoms with E-state index in [4.69, 9.17) is 10.00 Å². The van der Waals surface area contributed by atoms with Gasteiger partial charge in [0, 0.05) is 5.69 Å². The van der Waals surface area contributed by atoms with E-state index in [-0.39, 0.29) is 6.03 Å². The van der Waals surface area contributed by atoms with Gasteiger partial charge in [-0.3, -0.25) is 0 Å². The number of carbonyl (C=O) groups is 1. The molecule has 128 valence electrons. The van der Waals surface area contributed by atoms with Gasteiger partial charge in [0.15, 0.2) is 0 Å². The van der Waals surface area contributed by atoms with Crippen molar-refractivity contribution in [2.45, 2.75) is 25.7 Å². The highest BCUT2D eigenvalue weighted by Gasteiger charge is 2.13. The van der Waals surface area contributed by atoms with Crippen LogP contribution in [0.5, 0.6) is 5.75 Å². The molecule has 2 N–H and O–H groups in total. The zero-order chi connectivity index (χ0) is 17.5. The summed E-state index contributed by atoms with van der Waals surface area (Å²) < 4.78 is 5.86. The van der Waals surface area contributed by atoms with Gasteiger partial charge in [0.05, 0.1) is 18.2 Å². The van der Waals surface area contributed by atoms with E-state index in [1.54, 1.807) is 24.3 Å². The van der Waals surface area contributed by atoms with E-state index in [1.165, 1.54) is 24.0 Å². The fraction of sp³-hybridized carbons (Fsp3) is 0.300. The van der Waals surface area contributed by atoms with Crippen molar-refractivity contribution >= 4 is 11.7 Å². The molecular weight excluding hydrogens is 314 g/mol. The summed E-state index contributed by atoms with van der Waals surface area (Å²) >= 11 is 0. The zero-order valence-electron chi connectivity index (χ0n) is 14.0. The number of nitrogens with zero attached hydrogens (tertiary/aromatic N) is 1. The number of fused-ring (bicyclic) bond motifs is 1. The fourth-order valence-electron chi connectivity index (χ4n) is 3.05. The van der Waals surface area contributed by atoms with Crippen LogP contribution in [0.15, 0.2) is 42.5 Å². The first-order valence-corrected chi connectivity index (χ1v) is 8.55. The Balaban J connectivity index is 1.46. The Hall–Kier alpha value is -3.00. The van der Waals surface area contributed by atoms with Crippen LogP contribution in [0.2, 0.25) is 0 Å². The maximum absolute atomic E-state index is 11.9. The van der Waals surface area contributed by atoms with Crippen LogP contribution >= 0.6 is 0 Å². The van der Waals surface area contributed by atoms with E-state index < -0.39 is 0 Å². The predicted molar refractivity (Wildman–Crippen MR) is 96.8 cm³/mol. The van der Waals surface area contributed by atoms with Crippen LogP contribution in [0.1, 0.15) is 29.5 Å². The fourth-order valence-corrected chi connectivity index (χ4v) is 3.05. The number of hydrogen-bond donors (Lipinski definition) is 2. The van der Waals surface area contributed by atoms with E-state index in [0.29, 0.717) is 24.4 Å². The highest BCUT2D eigenvalue weighted by atomic mass is 16.5. The van der Waals surface area contributed by atoms with E-state index in [0.717, 1.165) is 18.6 Å². The van der Waals surface area contributed by atoms with E-state index >= 15 is 0 Å². The molecule has 0 bridgehead atoms. The molecule has 1 aliphatic carbocycles. The van der Waals surface area contributed by atoms with Gasteiger partial charge < -0.3 is 15.4 Å². The third-order valence-electron chi connectivity index (χ3n) is 4.25. The minimum atomic E-state index is -0.311. The Morgan fingerprint density at radius 1 is 1.16 bits per heavy atom. The summed E-state index contributed by atoms with van der Waals surface area (Å²) in [6.07, 6.45) is 4.63. The first-order valence-electron chi connectivity index (χ1n) is 8.55. The molecule has 25 heavy (non-hydrogen) atoms. The van der Waals surface area contributed by atoms with Crippen molar-refractivity contribution < 1.29 is 9.53 Å². The maximum atomic E-state index is 11.9. The maximum Gasteiger partial charge on any atom is 0.319 e. The molecule has 0 saturated heterocycles.